The van der Waals surface area contributed by atoms with Crippen LogP contribution in [0.15, 0.2) is 22.7 Å². The average molecular weight is 288 g/mol. The van der Waals surface area contributed by atoms with Gasteiger partial charge < -0.3 is 14.8 Å². The zero-order chi connectivity index (χ0) is 12.1. The minimum absolute atomic E-state index is 0.475. The molecule has 1 aromatic rings. The van der Waals surface area contributed by atoms with Crippen molar-refractivity contribution >= 4 is 33.5 Å². The van der Waals surface area contributed by atoms with Gasteiger partial charge in [0.15, 0.2) is 0 Å². The highest BCUT2D eigenvalue weighted by atomic mass is 79.9. The normalized spacial score (nSPS) is 9.44. The summed E-state index contributed by atoms with van der Waals surface area (Å²) in [4.78, 5) is 22.0. The zero-order valence-electron chi connectivity index (χ0n) is 8.74. The van der Waals surface area contributed by atoms with E-state index in [2.05, 4.69) is 26.0 Å². The van der Waals surface area contributed by atoms with E-state index in [0.717, 1.165) is 7.11 Å². The molecule has 0 spiro atoms. The fourth-order valence-electron chi connectivity index (χ4n) is 1.02. The van der Waals surface area contributed by atoms with Crippen LogP contribution in [0.25, 0.3) is 0 Å². The molecule has 0 atom stereocenters. The molecule has 1 N–H and O–H groups in total. The van der Waals surface area contributed by atoms with E-state index in [-0.39, 0.29) is 0 Å². The second kappa shape index (κ2) is 5.50. The standard InChI is InChI=1S/C10H10BrNO4/c1-15-8-4-3-6(5-7(8)11)12-9(13)10(14)16-2/h3-5H,1-2H3,(H,12,13). The lowest BCUT2D eigenvalue weighted by molar-refractivity contribution is -0.150. The van der Waals surface area contributed by atoms with Gasteiger partial charge in [0.25, 0.3) is 0 Å². The third kappa shape index (κ3) is 2.96. The number of amides is 1. The monoisotopic (exact) mass is 287 g/mol. The van der Waals surface area contributed by atoms with E-state index in [1.165, 1.54) is 7.11 Å². The van der Waals surface area contributed by atoms with Crippen molar-refractivity contribution in [2.24, 2.45) is 0 Å². The number of esters is 1. The van der Waals surface area contributed by atoms with Crippen LogP contribution in [-0.2, 0) is 14.3 Å². The molecule has 1 amide bonds. The Morgan fingerprint density at radius 2 is 2.00 bits per heavy atom. The molecule has 0 saturated carbocycles. The minimum atomic E-state index is -0.938. The van der Waals surface area contributed by atoms with Gasteiger partial charge in [-0.1, -0.05) is 0 Å². The SMILES string of the molecule is COC(=O)C(=O)Nc1ccc(OC)c(Br)c1. The number of rotatable bonds is 2. The molecule has 0 heterocycles. The van der Waals surface area contributed by atoms with Crippen LogP contribution in [0, 0.1) is 0 Å². The number of ether oxygens (including phenoxy) is 2. The number of hydrogen-bond acceptors (Lipinski definition) is 4. The Morgan fingerprint density at radius 3 is 2.50 bits per heavy atom. The molecule has 0 fully saturated rings. The number of benzene rings is 1. The van der Waals surface area contributed by atoms with Crippen LogP contribution in [0.4, 0.5) is 5.69 Å². The Balaban J connectivity index is 2.79. The third-order valence-corrected chi connectivity index (χ3v) is 2.40. The summed E-state index contributed by atoms with van der Waals surface area (Å²) in [5.74, 6) is -1.12. The van der Waals surface area contributed by atoms with Crippen LogP contribution in [0.2, 0.25) is 0 Å². The highest BCUT2D eigenvalue weighted by molar-refractivity contribution is 9.10. The Bertz CT molecular complexity index is 419. The van der Waals surface area contributed by atoms with Crippen molar-refractivity contribution in [3.05, 3.63) is 22.7 Å². The van der Waals surface area contributed by atoms with Crippen LogP contribution < -0.4 is 10.1 Å². The number of nitrogens with one attached hydrogen (secondary N) is 1. The first-order valence-corrected chi connectivity index (χ1v) is 5.10. The smallest absolute Gasteiger partial charge is 0.396 e. The summed E-state index contributed by atoms with van der Waals surface area (Å²) in [6.07, 6.45) is 0. The molecule has 1 aromatic carbocycles. The average Bonchev–Trinajstić information content (AvgIpc) is 2.28. The summed E-state index contributed by atoms with van der Waals surface area (Å²) >= 11 is 3.26. The highest BCUT2D eigenvalue weighted by Crippen LogP contribution is 2.27. The lowest BCUT2D eigenvalue weighted by Crippen LogP contribution is -2.23. The first kappa shape index (κ1) is 12.5. The van der Waals surface area contributed by atoms with E-state index >= 15 is 0 Å². The highest BCUT2D eigenvalue weighted by Gasteiger charge is 2.14. The maximum Gasteiger partial charge on any atom is 0.396 e. The van der Waals surface area contributed by atoms with E-state index in [4.69, 9.17) is 4.74 Å². The van der Waals surface area contributed by atoms with Crippen molar-refractivity contribution in [1.29, 1.82) is 0 Å². The van der Waals surface area contributed by atoms with Gasteiger partial charge >= 0.3 is 11.9 Å². The van der Waals surface area contributed by atoms with Gasteiger partial charge in [-0.15, -0.1) is 0 Å². The fourth-order valence-corrected chi connectivity index (χ4v) is 1.56. The van der Waals surface area contributed by atoms with Gasteiger partial charge in [0, 0.05) is 5.69 Å². The molecular weight excluding hydrogens is 278 g/mol. The molecule has 5 nitrogen and oxygen atoms in total. The third-order valence-electron chi connectivity index (χ3n) is 1.78. The first-order chi connectivity index (χ1) is 7.58. The topological polar surface area (TPSA) is 64.6 Å². The van der Waals surface area contributed by atoms with Crippen LogP contribution >= 0.6 is 15.9 Å². The van der Waals surface area contributed by atoms with E-state index in [0.29, 0.717) is 15.9 Å². The minimum Gasteiger partial charge on any atom is -0.496 e. The quantitative estimate of drug-likeness (QED) is 0.662. The van der Waals surface area contributed by atoms with Gasteiger partial charge in [0.1, 0.15) is 5.75 Å². The predicted molar refractivity (Wildman–Crippen MR) is 61.3 cm³/mol. The maximum absolute atomic E-state index is 11.2. The van der Waals surface area contributed by atoms with Crippen LogP contribution in [0.1, 0.15) is 0 Å². The van der Waals surface area contributed by atoms with Gasteiger partial charge in [-0.05, 0) is 34.1 Å². The molecule has 16 heavy (non-hydrogen) atoms. The molecule has 0 aliphatic heterocycles. The second-order valence-corrected chi connectivity index (χ2v) is 3.65. The summed E-state index contributed by atoms with van der Waals surface area (Å²) in [7, 11) is 2.68. The first-order valence-electron chi connectivity index (χ1n) is 4.31. The molecule has 0 aliphatic rings. The Hall–Kier alpha value is -1.56. The van der Waals surface area contributed by atoms with Gasteiger partial charge in [0.05, 0.1) is 18.7 Å². The number of carbonyl (C=O) groups is 2. The fraction of sp³-hybridized carbons (Fsp3) is 0.200. The molecule has 0 bridgehead atoms. The molecule has 0 radical (unpaired) electrons. The molecule has 0 unspecified atom stereocenters. The summed E-state index contributed by atoms with van der Waals surface area (Å²) in [5, 5.41) is 2.39. The van der Waals surface area contributed by atoms with E-state index in [1.54, 1.807) is 18.2 Å². The van der Waals surface area contributed by atoms with E-state index in [1.807, 2.05) is 0 Å². The summed E-state index contributed by atoms with van der Waals surface area (Å²) in [6, 6.07) is 4.90. The van der Waals surface area contributed by atoms with Crippen molar-refractivity contribution in [1.82, 2.24) is 0 Å². The summed E-state index contributed by atoms with van der Waals surface area (Å²) in [5.41, 5.74) is 0.475. The number of carbonyl (C=O) groups excluding carboxylic acids is 2. The molecule has 86 valence electrons. The Kier molecular flexibility index (Phi) is 4.30. The number of halogens is 1. The maximum atomic E-state index is 11.2. The Labute approximate surface area is 101 Å². The van der Waals surface area contributed by atoms with Crippen LogP contribution in [-0.4, -0.2) is 26.1 Å². The van der Waals surface area contributed by atoms with Crippen molar-refractivity contribution in [2.75, 3.05) is 19.5 Å². The largest absolute Gasteiger partial charge is 0.496 e. The Morgan fingerprint density at radius 1 is 1.31 bits per heavy atom. The zero-order valence-corrected chi connectivity index (χ0v) is 10.3. The van der Waals surface area contributed by atoms with Gasteiger partial charge in [0.2, 0.25) is 0 Å². The van der Waals surface area contributed by atoms with Crippen molar-refractivity contribution < 1.29 is 19.1 Å². The van der Waals surface area contributed by atoms with E-state index < -0.39 is 11.9 Å². The molecule has 6 heteroatoms. The number of hydrogen-bond donors (Lipinski definition) is 1. The van der Waals surface area contributed by atoms with E-state index in [9.17, 15) is 9.59 Å². The lowest BCUT2D eigenvalue weighted by atomic mass is 10.3. The molecule has 0 aliphatic carbocycles. The number of anilines is 1. The van der Waals surface area contributed by atoms with Gasteiger partial charge in [-0.3, -0.25) is 4.79 Å². The lowest BCUT2D eigenvalue weighted by Gasteiger charge is -2.07. The second-order valence-electron chi connectivity index (χ2n) is 2.80. The molecule has 0 saturated heterocycles. The summed E-state index contributed by atoms with van der Waals surface area (Å²) < 4.78 is 9.97. The van der Waals surface area contributed by atoms with Crippen LogP contribution in [0.3, 0.4) is 0 Å². The van der Waals surface area contributed by atoms with Gasteiger partial charge in [-0.25, -0.2) is 4.79 Å². The number of methoxy groups -OCH3 is 2. The summed E-state index contributed by atoms with van der Waals surface area (Å²) in [6.45, 7) is 0. The molecule has 1 rings (SSSR count). The van der Waals surface area contributed by atoms with Crippen molar-refractivity contribution in [3.8, 4) is 5.75 Å². The molecule has 0 aromatic heterocycles. The van der Waals surface area contributed by atoms with Crippen molar-refractivity contribution in [2.45, 2.75) is 0 Å². The molecular formula is C10H10BrNO4. The predicted octanol–water partition coefficient (Wildman–Crippen LogP) is 1.57. The van der Waals surface area contributed by atoms with Gasteiger partial charge in [-0.2, -0.15) is 0 Å². The van der Waals surface area contributed by atoms with Crippen molar-refractivity contribution in [3.63, 3.8) is 0 Å². The van der Waals surface area contributed by atoms with Crippen LogP contribution in [0.5, 0.6) is 5.75 Å².